The maximum absolute atomic E-state index is 12.9. The number of aliphatic carboxylic acids is 2. The molecule has 1 rings (SSSR count). The minimum atomic E-state index is -1.70. The molecule has 1 aromatic carbocycles. The van der Waals surface area contributed by atoms with E-state index in [0.717, 1.165) is 0 Å². The quantitative estimate of drug-likeness (QED) is 0.112. The average molecular weight is 511 g/mol. The minimum Gasteiger partial charge on any atom is -0.508 e. The van der Waals surface area contributed by atoms with Crippen molar-refractivity contribution < 1.29 is 49.2 Å². The topological polar surface area (TPSA) is 271 Å². The number of phenols is 1. The number of primary amides is 1. The van der Waals surface area contributed by atoms with Gasteiger partial charge in [-0.25, -0.2) is 4.79 Å². The standard InChI is InChI=1S/C21H29N5O10/c22-12(9-27)18(32)24-13(5-6-17(30)31)19(33)25-14(7-10-1-3-11(28)4-2-10)20(34)26-15(21(35)36)8-16(23)29/h1-4,12-15,27-28H,5-9,22H2,(H2,23,29)(H,24,32)(H,25,33)(H,26,34)(H,30,31)(H,35,36). The van der Waals surface area contributed by atoms with Crippen LogP contribution in [0.5, 0.6) is 5.75 Å². The molecule has 0 radical (unpaired) electrons. The van der Waals surface area contributed by atoms with Gasteiger partial charge in [-0.2, -0.15) is 0 Å². The normalized spacial score (nSPS) is 13.9. The zero-order valence-electron chi connectivity index (χ0n) is 19.0. The fourth-order valence-corrected chi connectivity index (χ4v) is 2.92. The summed E-state index contributed by atoms with van der Waals surface area (Å²) < 4.78 is 0. The Bertz CT molecular complexity index is 968. The number of carboxylic acids is 2. The van der Waals surface area contributed by atoms with Crippen molar-refractivity contribution in [2.45, 2.75) is 49.9 Å². The Labute approximate surface area is 204 Å². The average Bonchev–Trinajstić information content (AvgIpc) is 2.80. The van der Waals surface area contributed by atoms with Gasteiger partial charge in [0.05, 0.1) is 13.0 Å². The number of phenolic OH excluding ortho intramolecular Hbond substituents is 1. The van der Waals surface area contributed by atoms with Gasteiger partial charge >= 0.3 is 11.9 Å². The number of carboxylic acid groups (broad SMARTS) is 2. The van der Waals surface area contributed by atoms with Crippen molar-refractivity contribution in [2.24, 2.45) is 11.5 Å². The van der Waals surface area contributed by atoms with Crippen molar-refractivity contribution in [1.29, 1.82) is 0 Å². The Kier molecular flexibility index (Phi) is 11.8. The van der Waals surface area contributed by atoms with Crippen LogP contribution in [0.2, 0.25) is 0 Å². The van der Waals surface area contributed by atoms with Gasteiger partial charge < -0.3 is 47.8 Å². The fraction of sp³-hybridized carbons (Fsp3) is 0.429. The monoisotopic (exact) mass is 511 g/mol. The molecule has 0 fully saturated rings. The lowest BCUT2D eigenvalue weighted by atomic mass is 10.0. The van der Waals surface area contributed by atoms with E-state index in [9.17, 15) is 39.0 Å². The van der Waals surface area contributed by atoms with Gasteiger partial charge in [-0.3, -0.25) is 24.0 Å². The first-order valence-corrected chi connectivity index (χ1v) is 10.6. The van der Waals surface area contributed by atoms with E-state index in [1.165, 1.54) is 24.3 Å². The Morgan fingerprint density at radius 3 is 1.86 bits per heavy atom. The Morgan fingerprint density at radius 2 is 1.36 bits per heavy atom. The molecule has 0 aliphatic rings. The Balaban J connectivity index is 3.18. The summed E-state index contributed by atoms with van der Waals surface area (Å²) in [5.41, 5.74) is 10.9. The van der Waals surface area contributed by atoms with Crippen molar-refractivity contribution in [1.82, 2.24) is 16.0 Å². The van der Waals surface area contributed by atoms with E-state index in [-0.39, 0.29) is 12.2 Å². The van der Waals surface area contributed by atoms with Gasteiger partial charge in [-0.05, 0) is 24.1 Å². The molecule has 0 saturated heterocycles. The number of carbonyl (C=O) groups excluding carboxylic acids is 4. The lowest BCUT2D eigenvalue weighted by molar-refractivity contribution is -0.143. The molecule has 4 unspecified atom stereocenters. The molecule has 0 spiro atoms. The number of carbonyl (C=O) groups is 6. The van der Waals surface area contributed by atoms with Crippen LogP contribution in [0, 0.1) is 0 Å². The van der Waals surface area contributed by atoms with E-state index < -0.39 is 85.6 Å². The molecule has 15 nitrogen and oxygen atoms in total. The second kappa shape index (κ2) is 14.2. The van der Waals surface area contributed by atoms with Crippen LogP contribution in [0.4, 0.5) is 0 Å². The molecule has 4 atom stereocenters. The molecule has 15 heteroatoms. The van der Waals surface area contributed by atoms with E-state index in [1.807, 2.05) is 0 Å². The zero-order chi connectivity index (χ0) is 27.4. The minimum absolute atomic E-state index is 0.0761. The summed E-state index contributed by atoms with van der Waals surface area (Å²) in [5, 5.41) is 43.4. The van der Waals surface area contributed by atoms with Crippen LogP contribution >= 0.6 is 0 Å². The van der Waals surface area contributed by atoms with Crippen molar-refractivity contribution >= 4 is 35.6 Å². The fourth-order valence-electron chi connectivity index (χ4n) is 2.92. The van der Waals surface area contributed by atoms with Gasteiger partial charge in [0.1, 0.15) is 29.9 Å². The first-order valence-electron chi connectivity index (χ1n) is 10.6. The highest BCUT2D eigenvalue weighted by Crippen LogP contribution is 2.12. The number of aliphatic hydroxyl groups is 1. The third-order valence-corrected chi connectivity index (χ3v) is 4.84. The number of hydrogen-bond acceptors (Lipinski definition) is 9. The highest BCUT2D eigenvalue weighted by Gasteiger charge is 2.31. The predicted octanol–water partition coefficient (Wildman–Crippen LogP) is -3.47. The molecule has 0 aliphatic carbocycles. The molecule has 0 bridgehead atoms. The highest BCUT2D eigenvalue weighted by atomic mass is 16.4. The summed E-state index contributed by atoms with van der Waals surface area (Å²) in [5.74, 6) is -6.86. The van der Waals surface area contributed by atoms with Gasteiger partial charge in [0.2, 0.25) is 23.6 Å². The predicted molar refractivity (Wildman–Crippen MR) is 121 cm³/mol. The van der Waals surface area contributed by atoms with Crippen LogP contribution in [0.15, 0.2) is 24.3 Å². The van der Waals surface area contributed by atoms with Gasteiger partial charge in [0.25, 0.3) is 0 Å². The molecule has 4 amide bonds. The Hall–Kier alpha value is -4.24. The molecular formula is C21H29N5O10. The van der Waals surface area contributed by atoms with Crippen molar-refractivity contribution in [3.05, 3.63) is 29.8 Å². The Morgan fingerprint density at radius 1 is 0.833 bits per heavy atom. The van der Waals surface area contributed by atoms with E-state index in [2.05, 4.69) is 16.0 Å². The molecule has 0 heterocycles. The molecule has 1 aromatic rings. The maximum Gasteiger partial charge on any atom is 0.326 e. The first kappa shape index (κ1) is 29.8. The number of aliphatic hydroxyl groups excluding tert-OH is 1. The molecule has 198 valence electrons. The van der Waals surface area contributed by atoms with E-state index >= 15 is 0 Å². The van der Waals surface area contributed by atoms with E-state index in [4.69, 9.17) is 21.7 Å². The summed E-state index contributed by atoms with van der Waals surface area (Å²) in [6.45, 7) is -0.749. The van der Waals surface area contributed by atoms with Crippen LogP contribution in [0.1, 0.15) is 24.8 Å². The summed E-state index contributed by atoms with van der Waals surface area (Å²) in [6, 6.07) is -0.523. The first-order chi connectivity index (χ1) is 16.8. The number of nitrogens with two attached hydrogens (primary N) is 2. The summed E-state index contributed by atoms with van der Waals surface area (Å²) >= 11 is 0. The second-order valence-electron chi connectivity index (χ2n) is 7.78. The third kappa shape index (κ3) is 10.4. The maximum atomic E-state index is 12.9. The molecule has 0 aromatic heterocycles. The molecular weight excluding hydrogens is 482 g/mol. The molecule has 0 aliphatic heterocycles. The van der Waals surface area contributed by atoms with Crippen LogP contribution in [-0.4, -0.2) is 86.8 Å². The van der Waals surface area contributed by atoms with E-state index in [0.29, 0.717) is 5.56 Å². The van der Waals surface area contributed by atoms with Gasteiger partial charge in [-0.15, -0.1) is 0 Å². The van der Waals surface area contributed by atoms with Crippen LogP contribution in [0.3, 0.4) is 0 Å². The number of hydrogen-bond donors (Lipinski definition) is 9. The molecule has 11 N–H and O–H groups in total. The number of nitrogens with one attached hydrogen (secondary N) is 3. The third-order valence-electron chi connectivity index (χ3n) is 4.84. The second-order valence-corrected chi connectivity index (χ2v) is 7.78. The molecule has 36 heavy (non-hydrogen) atoms. The van der Waals surface area contributed by atoms with Gasteiger partial charge in [0.15, 0.2) is 0 Å². The lowest BCUT2D eigenvalue weighted by Gasteiger charge is -2.25. The summed E-state index contributed by atoms with van der Waals surface area (Å²) in [6.07, 6.45) is -1.87. The van der Waals surface area contributed by atoms with Crippen molar-refractivity contribution in [3.63, 3.8) is 0 Å². The van der Waals surface area contributed by atoms with Gasteiger partial charge in [-0.1, -0.05) is 12.1 Å². The van der Waals surface area contributed by atoms with E-state index in [1.54, 1.807) is 0 Å². The number of aromatic hydroxyl groups is 1. The van der Waals surface area contributed by atoms with Crippen LogP contribution < -0.4 is 27.4 Å². The van der Waals surface area contributed by atoms with Gasteiger partial charge in [0, 0.05) is 12.8 Å². The van der Waals surface area contributed by atoms with Crippen molar-refractivity contribution in [3.8, 4) is 5.75 Å². The van der Waals surface area contributed by atoms with Crippen LogP contribution in [-0.2, 0) is 35.2 Å². The zero-order valence-corrected chi connectivity index (χ0v) is 19.0. The molecule has 0 saturated carbocycles. The summed E-state index contributed by atoms with van der Waals surface area (Å²) in [7, 11) is 0. The highest BCUT2D eigenvalue weighted by molar-refractivity contribution is 5.95. The SMILES string of the molecule is NC(=O)CC(NC(=O)C(Cc1ccc(O)cc1)NC(=O)C(CCC(=O)O)NC(=O)C(N)CO)C(=O)O. The smallest absolute Gasteiger partial charge is 0.326 e. The van der Waals surface area contributed by atoms with Crippen molar-refractivity contribution in [2.75, 3.05) is 6.61 Å². The lowest BCUT2D eigenvalue weighted by Crippen LogP contribution is -2.58. The number of amides is 4. The van der Waals surface area contributed by atoms with Crippen LogP contribution in [0.25, 0.3) is 0 Å². The number of benzene rings is 1. The summed E-state index contributed by atoms with van der Waals surface area (Å²) in [4.78, 5) is 71.4. The number of rotatable bonds is 15. The largest absolute Gasteiger partial charge is 0.508 e.